The maximum absolute atomic E-state index is 12.4. The number of carbonyl (C=O) groups excluding carboxylic acids is 4. The molecule has 32 heavy (non-hydrogen) atoms. The Balaban J connectivity index is 1.52. The summed E-state index contributed by atoms with van der Waals surface area (Å²) in [4.78, 5) is 50.2. The molecule has 1 aliphatic rings. The van der Waals surface area contributed by atoms with Crippen LogP contribution in [0.25, 0.3) is 0 Å². The van der Waals surface area contributed by atoms with E-state index in [4.69, 9.17) is 9.47 Å². The lowest BCUT2D eigenvalue weighted by atomic mass is 10.1. The monoisotopic (exact) mass is 438 g/mol. The number of nitrogens with one attached hydrogen (secondary N) is 1. The molecule has 1 fully saturated rings. The summed E-state index contributed by atoms with van der Waals surface area (Å²) in [6, 6.07) is 13.7. The molecule has 0 spiro atoms. The SMILES string of the molecule is Cc1ccc(NC(=O)COC(=O)[C@@H]2CC(=O)N(c3ccc(C(=O)OC(C)C)cc3)C2)cc1. The van der Waals surface area contributed by atoms with Gasteiger partial charge in [0, 0.05) is 24.3 Å². The fraction of sp³-hybridized carbons (Fsp3) is 0.333. The van der Waals surface area contributed by atoms with Crippen molar-refractivity contribution in [3.05, 3.63) is 59.7 Å². The predicted molar refractivity (Wildman–Crippen MR) is 118 cm³/mol. The molecule has 1 aliphatic heterocycles. The van der Waals surface area contributed by atoms with Crippen molar-refractivity contribution in [3.63, 3.8) is 0 Å². The second-order valence-corrected chi connectivity index (χ2v) is 7.93. The normalized spacial score (nSPS) is 15.6. The smallest absolute Gasteiger partial charge is 0.338 e. The first-order valence-electron chi connectivity index (χ1n) is 10.4. The summed E-state index contributed by atoms with van der Waals surface area (Å²) < 4.78 is 10.3. The van der Waals surface area contributed by atoms with Gasteiger partial charge in [0.15, 0.2) is 6.61 Å². The van der Waals surface area contributed by atoms with Crippen molar-refractivity contribution in [2.24, 2.45) is 5.92 Å². The molecule has 1 N–H and O–H groups in total. The highest BCUT2D eigenvalue weighted by atomic mass is 16.5. The number of carbonyl (C=O) groups is 4. The van der Waals surface area contributed by atoms with Crippen LogP contribution in [0.5, 0.6) is 0 Å². The van der Waals surface area contributed by atoms with Gasteiger partial charge < -0.3 is 19.7 Å². The summed E-state index contributed by atoms with van der Waals surface area (Å²) in [7, 11) is 0. The van der Waals surface area contributed by atoms with Crippen LogP contribution in [0.2, 0.25) is 0 Å². The van der Waals surface area contributed by atoms with Gasteiger partial charge >= 0.3 is 11.9 Å². The molecule has 168 valence electrons. The number of hydrogen-bond acceptors (Lipinski definition) is 6. The van der Waals surface area contributed by atoms with E-state index in [2.05, 4.69) is 5.32 Å². The summed E-state index contributed by atoms with van der Waals surface area (Å²) in [6.07, 6.45) is -0.233. The van der Waals surface area contributed by atoms with E-state index in [1.165, 1.54) is 4.90 Å². The van der Waals surface area contributed by atoms with Gasteiger partial charge in [0.05, 0.1) is 17.6 Å². The second kappa shape index (κ2) is 10.1. The van der Waals surface area contributed by atoms with Crippen LogP contribution in [0.3, 0.4) is 0 Å². The minimum Gasteiger partial charge on any atom is -0.459 e. The number of ether oxygens (including phenoxy) is 2. The van der Waals surface area contributed by atoms with Crippen molar-refractivity contribution in [1.29, 1.82) is 0 Å². The van der Waals surface area contributed by atoms with Gasteiger partial charge in [-0.15, -0.1) is 0 Å². The molecule has 0 unspecified atom stereocenters. The standard InChI is InChI=1S/C24H26N2O6/c1-15(2)32-24(30)17-6-10-20(11-7-17)26-13-18(12-22(26)28)23(29)31-14-21(27)25-19-8-4-16(3)5-9-19/h4-11,15,18H,12-14H2,1-3H3,(H,25,27)/t18-/m1/s1. The quantitative estimate of drug-likeness (QED) is 0.667. The molecule has 0 radical (unpaired) electrons. The Morgan fingerprint density at radius 3 is 2.34 bits per heavy atom. The summed E-state index contributed by atoms with van der Waals surface area (Å²) in [6.45, 7) is 5.19. The molecule has 2 aromatic rings. The van der Waals surface area contributed by atoms with Crippen molar-refractivity contribution >= 4 is 35.1 Å². The topological polar surface area (TPSA) is 102 Å². The van der Waals surface area contributed by atoms with E-state index < -0.39 is 30.4 Å². The van der Waals surface area contributed by atoms with Crippen LogP contribution in [-0.2, 0) is 23.9 Å². The zero-order valence-corrected chi connectivity index (χ0v) is 18.3. The van der Waals surface area contributed by atoms with Crippen molar-refractivity contribution in [3.8, 4) is 0 Å². The third-order valence-corrected chi connectivity index (χ3v) is 4.90. The van der Waals surface area contributed by atoms with Crippen LogP contribution in [0, 0.1) is 12.8 Å². The molecule has 0 aliphatic carbocycles. The third kappa shape index (κ3) is 5.94. The number of amides is 2. The van der Waals surface area contributed by atoms with Crippen LogP contribution in [0.1, 0.15) is 36.2 Å². The number of rotatable bonds is 7. The van der Waals surface area contributed by atoms with E-state index in [9.17, 15) is 19.2 Å². The summed E-state index contributed by atoms with van der Waals surface area (Å²) in [5, 5.41) is 2.65. The fourth-order valence-corrected chi connectivity index (χ4v) is 3.26. The molecular formula is C24H26N2O6. The molecule has 8 nitrogen and oxygen atoms in total. The van der Waals surface area contributed by atoms with E-state index in [-0.39, 0.29) is 25.0 Å². The second-order valence-electron chi connectivity index (χ2n) is 7.93. The zero-order valence-electron chi connectivity index (χ0n) is 18.3. The van der Waals surface area contributed by atoms with Gasteiger partial charge in [-0.1, -0.05) is 17.7 Å². The number of hydrogen-bond donors (Lipinski definition) is 1. The molecule has 2 aromatic carbocycles. The Hall–Kier alpha value is -3.68. The molecule has 1 atom stereocenters. The molecular weight excluding hydrogens is 412 g/mol. The van der Waals surface area contributed by atoms with E-state index >= 15 is 0 Å². The Bertz CT molecular complexity index is 998. The van der Waals surface area contributed by atoms with E-state index in [0.717, 1.165) is 5.56 Å². The van der Waals surface area contributed by atoms with Crippen LogP contribution in [-0.4, -0.2) is 43.0 Å². The van der Waals surface area contributed by atoms with Crippen LogP contribution < -0.4 is 10.2 Å². The first kappa shape index (κ1) is 23.0. The van der Waals surface area contributed by atoms with Crippen molar-refractivity contribution < 1.29 is 28.7 Å². The molecule has 1 saturated heterocycles. The lowest BCUT2D eigenvalue weighted by Gasteiger charge is -2.17. The lowest BCUT2D eigenvalue weighted by molar-refractivity contribution is -0.151. The Morgan fingerprint density at radius 2 is 1.72 bits per heavy atom. The van der Waals surface area contributed by atoms with Crippen LogP contribution in [0.15, 0.2) is 48.5 Å². The van der Waals surface area contributed by atoms with Gasteiger partial charge in [-0.25, -0.2) is 4.79 Å². The largest absolute Gasteiger partial charge is 0.459 e. The summed E-state index contributed by atoms with van der Waals surface area (Å²) in [5.41, 5.74) is 2.63. The van der Waals surface area contributed by atoms with E-state index in [0.29, 0.717) is 16.9 Å². The minimum absolute atomic E-state index is 0.00441. The molecule has 1 heterocycles. The Morgan fingerprint density at radius 1 is 1.06 bits per heavy atom. The van der Waals surface area contributed by atoms with Gasteiger partial charge in [-0.2, -0.15) is 0 Å². The van der Waals surface area contributed by atoms with Gasteiger partial charge in [0.25, 0.3) is 5.91 Å². The number of esters is 2. The average Bonchev–Trinajstić information content (AvgIpc) is 3.15. The number of aryl methyl sites for hydroxylation is 1. The highest BCUT2D eigenvalue weighted by Crippen LogP contribution is 2.26. The summed E-state index contributed by atoms with van der Waals surface area (Å²) in [5.74, 6) is -2.39. The van der Waals surface area contributed by atoms with Crippen LogP contribution >= 0.6 is 0 Å². The fourth-order valence-electron chi connectivity index (χ4n) is 3.26. The molecule has 8 heteroatoms. The Labute approximate surface area is 186 Å². The molecule has 2 amide bonds. The third-order valence-electron chi connectivity index (χ3n) is 4.90. The highest BCUT2D eigenvalue weighted by Gasteiger charge is 2.36. The van der Waals surface area contributed by atoms with Crippen molar-refractivity contribution in [1.82, 2.24) is 0 Å². The number of anilines is 2. The van der Waals surface area contributed by atoms with Gasteiger partial charge in [-0.05, 0) is 57.2 Å². The van der Waals surface area contributed by atoms with E-state index in [1.54, 1.807) is 50.2 Å². The number of benzene rings is 2. The van der Waals surface area contributed by atoms with Crippen LogP contribution in [0.4, 0.5) is 11.4 Å². The predicted octanol–water partition coefficient (Wildman–Crippen LogP) is 3.10. The lowest BCUT2D eigenvalue weighted by Crippen LogP contribution is -2.28. The van der Waals surface area contributed by atoms with Crippen molar-refractivity contribution in [2.45, 2.75) is 33.3 Å². The Kier molecular flexibility index (Phi) is 7.25. The molecule has 3 rings (SSSR count). The average molecular weight is 438 g/mol. The van der Waals surface area contributed by atoms with Gasteiger partial charge in [0.1, 0.15) is 0 Å². The zero-order chi connectivity index (χ0) is 23.3. The molecule has 0 saturated carbocycles. The maximum Gasteiger partial charge on any atom is 0.338 e. The van der Waals surface area contributed by atoms with Gasteiger partial charge in [-0.3, -0.25) is 14.4 Å². The molecule has 0 bridgehead atoms. The van der Waals surface area contributed by atoms with Gasteiger partial charge in [0.2, 0.25) is 5.91 Å². The maximum atomic E-state index is 12.4. The first-order chi connectivity index (χ1) is 15.2. The van der Waals surface area contributed by atoms with Crippen molar-refractivity contribution in [2.75, 3.05) is 23.4 Å². The molecule has 0 aromatic heterocycles. The number of nitrogens with zero attached hydrogens (tertiary/aromatic N) is 1. The highest BCUT2D eigenvalue weighted by molar-refractivity contribution is 6.00. The first-order valence-corrected chi connectivity index (χ1v) is 10.4. The summed E-state index contributed by atoms with van der Waals surface area (Å²) >= 11 is 0. The van der Waals surface area contributed by atoms with E-state index in [1.807, 2.05) is 19.1 Å². The minimum atomic E-state index is -0.666.